The van der Waals surface area contributed by atoms with E-state index in [1.807, 2.05) is 20.8 Å². The molecule has 1 aromatic carbocycles. The number of likely N-dealkylation sites (tertiary alicyclic amines) is 1. The van der Waals surface area contributed by atoms with Gasteiger partial charge in [0.1, 0.15) is 17.9 Å². The monoisotopic (exact) mass is 717 g/mol. The largest absolute Gasteiger partial charge is 0.451 e. The number of nitrogens with zero attached hydrogens (tertiary/aromatic N) is 6. The number of aromatic nitrogens is 2. The minimum atomic E-state index is -3.50. The van der Waals surface area contributed by atoms with Gasteiger partial charge in [-0.3, -0.25) is 4.79 Å². The Labute approximate surface area is 295 Å². The summed E-state index contributed by atoms with van der Waals surface area (Å²) in [7, 11) is -1.93. The van der Waals surface area contributed by atoms with Crippen molar-refractivity contribution in [3.63, 3.8) is 0 Å². The topological polar surface area (TPSA) is 130 Å². The van der Waals surface area contributed by atoms with Crippen LogP contribution in [0.5, 0.6) is 11.5 Å². The average Bonchev–Trinajstić information content (AvgIpc) is 3.60. The molecule has 3 atom stereocenters. The molecule has 2 aromatic rings. The molecule has 4 aliphatic rings. The zero-order valence-corrected chi connectivity index (χ0v) is 30.8. The number of halogens is 1. The van der Waals surface area contributed by atoms with Crippen molar-refractivity contribution in [3.05, 3.63) is 42.1 Å². The van der Waals surface area contributed by atoms with Gasteiger partial charge in [0.05, 0.1) is 36.6 Å². The molecule has 1 N–H and O–H groups in total. The van der Waals surface area contributed by atoms with Crippen molar-refractivity contribution < 1.29 is 31.8 Å². The van der Waals surface area contributed by atoms with Gasteiger partial charge in [0.25, 0.3) is 16.1 Å². The molecular weight excluding hydrogens is 665 g/mol. The van der Waals surface area contributed by atoms with E-state index >= 15 is 0 Å². The maximum atomic E-state index is 14.5. The fourth-order valence-corrected chi connectivity index (χ4v) is 8.84. The lowest BCUT2D eigenvalue weighted by molar-refractivity contribution is -0.0979. The summed E-state index contributed by atoms with van der Waals surface area (Å²) in [6.07, 6.45) is 7.43. The zero-order valence-electron chi connectivity index (χ0n) is 29.9. The Morgan fingerprint density at radius 2 is 1.92 bits per heavy atom. The number of carbonyl (C=O) groups excluding carboxylic acids is 1. The Bertz CT molecular complexity index is 1600. The smallest absolute Gasteiger partial charge is 0.279 e. The number of anilines is 1. The highest BCUT2D eigenvalue weighted by atomic mass is 32.2. The average molecular weight is 718 g/mol. The second kappa shape index (κ2) is 15.0. The van der Waals surface area contributed by atoms with Crippen LogP contribution in [-0.2, 0) is 19.7 Å². The molecule has 13 nitrogen and oxygen atoms in total. The maximum absolute atomic E-state index is 14.5. The van der Waals surface area contributed by atoms with E-state index in [0.717, 1.165) is 64.8 Å². The van der Waals surface area contributed by atoms with Crippen molar-refractivity contribution >= 4 is 21.9 Å². The summed E-state index contributed by atoms with van der Waals surface area (Å²) in [6.45, 7) is 14.0. The quantitative estimate of drug-likeness (QED) is 0.347. The second-order valence-electron chi connectivity index (χ2n) is 14.9. The first kappa shape index (κ1) is 36.8. The van der Waals surface area contributed by atoms with Crippen LogP contribution in [0.1, 0.15) is 70.2 Å². The second-order valence-corrected chi connectivity index (χ2v) is 16.8. The van der Waals surface area contributed by atoms with Gasteiger partial charge < -0.3 is 28.9 Å². The third kappa shape index (κ3) is 8.07. The van der Waals surface area contributed by atoms with E-state index in [4.69, 9.17) is 14.2 Å². The van der Waals surface area contributed by atoms with Crippen LogP contribution in [-0.4, -0.2) is 128 Å². The number of nitrogens with one attached hydrogen (secondary N) is 1. The molecule has 0 aliphatic carbocycles. The number of benzene rings is 1. The third-order valence-electron chi connectivity index (χ3n) is 10.8. The number of hydrogen-bond donors (Lipinski definition) is 1. The van der Waals surface area contributed by atoms with Crippen molar-refractivity contribution in [1.82, 2.24) is 28.8 Å². The summed E-state index contributed by atoms with van der Waals surface area (Å²) in [5.41, 5.74) is 0.00355. The van der Waals surface area contributed by atoms with Crippen molar-refractivity contribution in [3.8, 4) is 11.5 Å². The summed E-state index contributed by atoms with van der Waals surface area (Å²) in [5.74, 6) is 0.527. The van der Waals surface area contributed by atoms with Crippen LogP contribution in [0.2, 0.25) is 0 Å². The van der Waals surface area contributed by atoms with Gasteiger partial charge in [0, 0.05) is 57.3 Å². The normalized spacial score (nSPS) is 25.6. The van der Waals surface area contributed by atoms with E-state index in [-0.39, 0.29) is 46.4 Å². The minimum absolute atomic E-state index is 0.0791. The summed E-state index contributed by atoms with van der Waals surface area (Å²) < 4.78 is 61.7. The summed E-state index contributed by atoms with van der Waals surface area (Å²) in [4.78, 5) is 29.0. The molecule has 5 heterocycles. The van der Waals surface area contributed by atoms with Gasteiger partial charge in [0.15, 0.2) is 11.6 Å². The van der Waals surface area contributed by atoms with Crippen LogP contribution in [0.15, 0.2) is 30.7 Å². The lowest BCUT2D eigenvalue weighted by atomic mass is 9.71. The number of ether oxygens (including phenoxy) is 3. The van der Waals surface area contributed by atoms with Crippen LogP contribution < -0.4 is 14.4 Å². The predicted molar refractivity (Wildman–Crippen MR) is 187 cm³/mol. The lowest BCUT2D eigenvalue weighted by Gasteiger charge is -2.55. The van der Waals surface area contributed by atoms with Gasteiger partial charge in [-0.15, -0.1) is 0 Å². The van der Waals surface area contributed by atoms with E-state index in [2.05, 4.69) is 31.4 Å². The van der Waals surface area contributed by atoms with Crippen molar-refractivity contribution in [2.75, 3.05) is 71.0 Å². The molecule has 4 aliphatic heterocycles. The molecule has 50 heavy (non-hydrogen) atoms. The van der Waals surface area contributed by atoms with Gasteiger partial charge in [-0.25, -0.2) is 14.4 Å². The SMILES string of the molecule is CCN(C)S(=O)(=O)N[C@@H]1CC[C@](C)(CN2CCC3(CC2)CN(c2ncncc2Oc2ccc(F)cc2C(=O)N(C(C)C)[C@H]2CCOC2)C3)OC1. The van der Waals surface area contributed by atoms with E-state index in [1.54, 1.807) is 18.1 Å². The Balaban J connectivity index is 1.04. The first-order valence-corrected chi connectivity index (χ1v) is 19.3. The Hall–Kier alpha value is -2.95. The molecule has 1 aromatic heterocycles. The minimum Gasteiger partial charge on any atom is -0.451 e. The highest BCUT2D eigenvalue weighted by molar-refractivity contribution is 7.87. The summed E-state index contributed by atoms with van der Waals surface area (Å²) in [6, 6.07) is 3.63. The number of hydrogen-bond acceptors (Lipinski definition) is 10. The molecule has 0 unspecified atom stereocenters. The van der Waals surface area contributed by atoms with Crippen LogP contribution in [0.25, 0.3) is 0 Å². The molecule has 4 fully saturated rings. The zero-order chi connectivity index (χ0) is 35.7. The number of piperidine rings is 1. The Kier molecular flexibility index (Phi) is 11.0. The lowest BCUT2D eigenvalue weighted by Crippen LogP contribution is -2.62. The molecule has 0 bridgehead atoms. The molecule has 6 rings (SSSR count). The maximum Gasteiger partial charge on any atom is 0.279 e. The molecule has 15 heteroatoms. The molecule has 276 valence electrons. The molecule has 1 spiro atoms. The highest BCUT2D eigenvalue weighted by Crippen LogP contribution is 2.45. The van der Waals surface area contributed by atoms with Crippen LogP contribution in [0.3, 0.4) is 0 Å². The van der Waals surface area contributed by atoms with Gasteiger partial charge in [-0.1, -0.05) is 6.92 Å². The molecular formula is C35H52FN7O6S. The fourth-order valence-electron chi connectivity index (χ4n) is 7.71. The Morgan fingerprint density at radius 1 is 1.16 bits per heavy atom. The van der Waals surface area contributed by atoms with Gasteiger partial charge in [-0.2, -0.15) is 17.4 Å². The van der Waals surface area contributed by atoms with E-state index in [9.17, 15) is 17.6 Å². The molecule has 1 amide bonds. The van der Waals surface area contributed by atoms with Crippen molar-refractivity contribution in [1.29, 1.82) is 0 Å². The number of amides is 1. The standard InChI is InChI=1S/C35H52FN7O6S/c1-6-40(5)50(45,46)39-27-9-11-34(4,48-19-27)21-41-14-12-35(13-15-41)22-42(23-35)32-31(18-37-24-38-32)49-30-8-7-26(36)17-29(30)33(44)43(25(2)3)28-10-16-47-20-28/h7-8,17-18,24-25,27-28,39H,6,9-16,19-23H2,1-5H3/t27-,28+,34-/m1/s1. The predicted octanol–water partition coefficient (Wildman–Crippen LogP) is 3.67. The van der Waals surface area contributed by atoms with Gasteiger partial charge in [-0.05, 0) is 84.2 Å². The van der Waals surface area contributed by atoms with Gasteiger partial charge in [0.2, 0.25) is 0 Å². The van der Waals surface area contributed by atoms with Crippen molar-refractivity contribution in [2.24, 2.45) is 5.41 Å². The number of carbonyl (C=O) groups is 1. The van der Waals surface area contributed by atoms with Crippen LogP contribution >= 0.6 is 0 Å². The van der Waals surface area contributed by atoms with Crippen LogP contribution in [0.4, 0.5) is 10.2 Å². The Morgan fingerprint density at radius 3 is 2.56 bits per heavy atom. The first-order valence-electron chi connectivity index (χ1n) is 17.8. The fraction of sp³-hybridized carbons (Fsp3) is 0.686. The first-order chi connectivity index (χ1) is 23.8. The van der Waals surface area contributed by atoms with E-state index < -0.39 is 16.0 Å². The van der Waals surface area contributed by atoms with E-state index in [0.29, 0.717) is 37.9 Å². The van der Waals surface area contributed by atoms with E-state index in [1.165, 1.54) is 28.8 Å². The van der Waals surface area contributed by atoms with Gasteiger partial charge >= 0.3 is 0 Å². The van der Waals surface area contributed by atoms with Crippen LogP contribution in [0, 0.1) is 11.2 Å². The van der Waals surface area contributed by atoms with Crippen molar-refractivity contribution in [2.45, 2.75) is 83.5 Å². The number of rotatable bonds is 12. The third-order valence-corrected chi connectivity index (χ3v) is 12.5. The summed E-state index contributed by atoms with van der Waals surface area (Å²) in [5, 5.41) is 0. The molecule has 4 saturated heterocycles. The highest BCUT2D eigenvalue weighted by Gasteiger charge is 2.47. The molecule has 0 radical (unpaired) electrons. The summed E-state index contributed by atoms with van der Waals surface area (Å²) >= 11 is 0. The molecule has 0 saturated carbocycles.